The third-order valence-corrected chi connectivity index (χ3v) is 6.32. The average molecular weight is 405 g/mol. The van der Waals surface area contributed by atoms with E-state index >= 15 is 0 Å². The van der Waals surface area contributed by atoms with Crippen LogP contribution in [0.1, 0.15) is 57.9 Å². The Hall–Kier alpha value is -2.98. The lowest BCUT2D eigenvalue weighted by atomic mass is 9.65. The second-order valence-corrected chi connectivity index (χ2v) is 8.17. The Labute approximate surface area is 172 Å². The maximum atomic E-state index is 13.5. The van der Waals surface area contributed by atoms with Gasteiger partial charge < -0.3 is 5.11 Å². The van der Waals surface area contributed by atoms with Crippen molar-refractivity contribution in [2.45, 2.75) is 31.6 Å². The molecule has 5 heteroatoms. The standard InChI is InChI=1S/C24H17ClO4/c25-14-6-4-12(5-7-14)21-20-13(2-1-3-19(20)27)10-18-22(21)24(29)16-9-8-15(26)11-17(16)23(18)28/h4-9,11,21,26H,1-3,10H2. The molecule has 0 amide bonds. The topological polar surface area (TPSA) is 71.4 Å². The molecule has 0 aromatic heterocycles. The fourth-order valence-corrected chi connectivity index (χ4v) is 4.92. The molecule has 0 saturated heterocycles. The van der Waals surface area contributed by atoms with Crippen LogP contribution in [0, 0.1) is 0 Å². The van der Waals surface area contributed by atoms with Crippen LogP contribution in [0.25, 0.3) is 0 Å². The summed E-state index contributed by atoms with van der Waals surface area (Å²) in [6, 6.07) is 11.4. The highest BCUT2D eigenvalue weighted by Crippen LogP contribution is 2.49. The smallest absolute Gasteiger partial charge is 0.191 e. The van der Waals surface area contributed by atoms with Crippen LogP contribution >= 0.6 is 11.6 Å². The third-order valence-electron chi connectivity index (χ3n) is 6.07. The molecule has 4 nitrogen and oxygen atoms in total. The van der Waals surface area contributed by atoms with E-state index in [4.69, 9.17) is 11.6 Å². The van der Waals surface area contributed by atoms with Gasteiger partial charge in [-0.15, -0.1) is 0 Å². The van der Waals surface area contributed by atoms with Crippen molar-refractivity contribution in [1.82, 2.24) is 0 Å². The molecule has 144 valence electrons. The van der Waals surface area contributed by atoms with Gasteiger partial charge in [-0.05, 0) is 55.2 Å². The summed E-state index contributed by atoms with van der Waals surface area (Å²) in [5, 5.41) is 10.4. The number of phenols is 1. The molecular weight excluding hydrogens is 388 g/mol. The minimum absolute atomic E-state index is 0.0493. The second-order valence-electron chi connectivity index (χ2n) is 7.74. The van der Waals surface area contributed by atoms with E-state index in [2.05, 4.69) is 0 Å². The number of hydrogen-bond donors (Lipinski definition) is 1. The molecule has 0 radical (unpaired) electrons. The van der Waals surface area contributed by atoms with Crippen LogP contribution in [0.2, 0.25) is 5.02 Å². The molecule has 0 heterocycles. The van der Waals surface area contributed by atoms with Crippen molar-refractivity contribution in [3.63, 3.8) is 0 Å². The van der Waals surface area contributed by atoms with Crippen LogP contribution in [0.3, 0.4) is 0 Å². The molecule has 0 bridgehead atoms. The van der Waals surface area contributed by atoms with Crippen molar-refractivity contribution in [2.75, 3.05) is 0 Å². The lowest BCUT2D eigenvalue weighted by Crippen LogP contribution is -2.33. The average Bonchev–Trinajstić information content (AvgIpc) is 2.71. The Morgan fingerprint density at radius 1 is 0.862 bits per heavy atom. The van der Waals surface area contributed by atoms with E-state index in [1.54, 1.807) is 12.1 Å². The Morgan fingerprint density at radius 2 is 1.62 bits per heavy atom. The zero-order chi connectivity index (χ0) is 20.3. The number of rotatable bonds is 1. The van der Waals surface area contributed by atoms with Crippen molar-refractivity contribution >= 4 is 29.0 Å². The van der Waals surface area contributed by atoms with Gasteiger partial charge in [-0.3, -0.25) is 14.4 Å². The molecule has 3 aliphatic rings. The summed E-state index contributed by atoms with van der Waals surface area (Å²) in [4.78, 5) is 39.7. The number of ketones is 3. The molecule has 0 aliphatic heterocycles. The highest BCUT2D eigenvalue weighted by molar-refractivity contribution is 6.30. The predicted octanol–water partition coefficient (Wildman–Crippen LogP) is 4.96. The first-order valence-electron chi connectivity index (χ1n) is 9.61. The van der Waals surface area contributed by atoms with E-state index in [1.165, 1.54) is 18.2 Å². The summed E-state index contributed by atoms with van der Waals surface area (Å²) < 4.78 is 0. The number of allylic oxidation sites excluding steroid dienone is 4. The number of carbonyl (C=O) groups excluding carboxylic acids is 3. The van der Waals surface area contributed by atoms with Crippen molar-refractivity contribution in [2.24, 2.45) is 0 Å². The molecule has 1 unspecified atom stereocenters. The second kappa shape index (κ2) is 6.53. The number of carbonyl (C=O) groups is 3. The minimum Gasteiger partial charge on any atom is -0.508 e. The minimum atomic E-state index is -0.558. The van der Waals surface area contributed by atoms with E-state index < -0.39 is 5.92 Å². The van der Waals surface area contributed by atoms with Gasteiger partial charge in [0.15, 0.2) is 17.3 Å². The fourth-order valence-electron chi connectivity index (χ4n) is 4.79. The van der Waals surface area contributed by atoms with Gasteiger partial charge in [-0.1, -0.05) is 29.3 Å². The van der Waals surface area contributed by atoms with E-state index in [0.29, 0.717) is 34.6 Å². The van der Waals surface area contributed by atoms with Crippen LogP contribution in [0.5, 0.6) is 5.75 Å². The van der Waals surface area contributed by atoms with Gasteiger partial charge in [0.1, 0.15) is 5.75 Å². The van der Waals surface area contributed by atoms with Gasteiger partial charge in [0.2, 0.25) is 0 Å². The van der Waals surface area contributed by atoms with Crippen molar-refractivity contribution in [1.29, 1.82) is 0 Å². The molecular formula is C24H17ClO4. The summed E-state index contributed by atoms with van der Waals surface area (Å²) >= 11 is 6.05. The van der Waals surface area contributed by atoms with E-state index in [0.717, 1.165) is 24.0 Å². The number of halogens is 1. The SMILES string of the molecule is O=C1CCCC2=C1C(c1ccc(Cl)cc1)C1=C(C2)C(=O)c2cc(O)ccc2C1=O. The molecule has 29 heavy (non-hydrogen) atoms. The Balaban J connectivity index is 1.76. The predicted molar refractivity (Wildman–Crippen MR) is 108 cm³/mol. The molecule has 1 N–H and O–H groups in total. The highest BCUT2D eigenvalue weighted by Gasteiger charge is 2.44. The van der Waals surface area contributed by atoms with Crippen molar-refractivity contribution in [3.05, 3.63) is 86.5 Å². The van der Waals surface area contributed by atoms with E-state index in [-0.39, 0.29) is 34.2 Å². The van der Waals surface area contributed by atoms with Gasteiger partial charge in [0.05, 0.1) is 0 Å². The number of phenolic OH excluding ortho intramolecular Hbond substituents is 1. The summed E-state index contributed by atoms with van der Waals surface area (Å²) in [5.74, 6) is -1.05. The quantitative estimate of drug-likeness (QED) is 0.729. The summed E-state index contributed by atoms with van der Waals surface area (Å²) in [6.07, 6.45) is 2.28. The largest absolute Gasteiger partial charge is 0.508 e. The van der Waals surface area contributed by atoms with Crippen LogP contribution in [-0.4, -0.2) is 22.5 Å². The van der Waals surface area contributed by atoms with Gasteiger partial charge in [-0.25, -0.2) is 0 Å². The lowest BCUT2D eigenvalue weighted by Gasteiger charge is -2.36. The number of benzene rings is 2. The Morgan fingerprint density at radius 3 is 2.38 bits per heavy atom. The van der Waals surface area contributed by atoms with Crippen molar-refractivity contribution in [3.8, 4) is 5.75 Å². The van der Waals surface area contributed by atoms with Crippen LogP contribution < -0.4 is 0 Å². The molecule has 2 aromatic carbocycles. The van der Waals surface area contributed by atoms with Crippen LogP contribution in [0.4, 0.5) is 0 Å². The summed E-state index contributed by atoms with van der Waals surface area (Å²) in [5.41, 5.74) is 3.75. The molecule has 3 aliphatic carbocycles. The van der Waals surface area contributed by atoms with Crippen LogP contribution in [-0.2, 0) is 4.79 Å². The maximum Gasteiger partial charge on any atom is 0.191 e. The maximum absolute atomic E-state index is 13.5. The highest BCUT2D eigenvalue weighted by atomic mass is 35.5. The zero-order valence-corrected chi connectivity index (χ0v) is 16.3. The number of hydrogen-bond acceptors (Lipinski definition) is 4. The first-order chi connectivity index (χ1) is 14.0. The molecule has 2 aromatic rings. The van der Waals surface area contributed by atoms with Gasteiger partial charge in [0, 0.05) is 45.2 Å². The summed E-state index contributed by atoms with van der Waals surface area (Å²) in [6.45, 7) is 0. The first-order valence-corrected chi connectivity index (χ1v) is 9.99. The Bertz CT molecular complexity index is 1170. The molecule has 5 rings (SSSR count). The third kappa shape index (κ3) is 2.70. The van der Waals surface area contributed by atoms with Crippen molar-refractivity contribution < 1.29 is 19.5 Å². The Kier molecular flexibility index (Phi) is 4.07. The van der Waals surface area contributed by atoms with E-state index in [9.17, 15) is 19.5 Å². The summed E-state index contributed by atoms with van der Waals surface area (Å²) in [7, 11) is 0. The van der Waals surface area contributed by atoms with Gasteiger partial charge in [0.25, 0.3) is 0 Å². The number of aromatic hydroxyl groups is 1. The first kappa shape index (κ1) is 18.1. The normalized spacial score (nSPS) is 21.1. The molecule has 0 fully saturated rings. The van der Waals surface area contributed by atoms with Crippen LogP contribution in [0.15, 0.2) is 64.8 Å². The lowest BCUT2D eigenvalue weighted by molar-refractivity contribution is -0.116. The van der Waals surface area contributed by atoms with E-state index in [1.807, 2.05) is 12.1 Å². The van der Waals surface area contributed by atoms with Gasteiger partial charge in [-0.2, -0.15) is 0 Å². The fraction of sp³-hybridized carbons (Fsp3) is 0.208. The number of fused-ring (bicyclic) bond motifs is 1. The number of Topliss-reactive ketones (excluding diaryl/α,β-unsaturated/α-hetero) is 3. The molecule has 1 atom stereocenters. The molecule has 0 saturated carbocycles. The van der Waals surface area contributed by atoms with Gasteiger partial charge >= 0.3 is 0 Å². The monoisotopic (exact) mass is 404 g/mol. The molecule has 0 spiro atoms. The zero-order valence-electron chi connectivity index (χ0n) is 15.5.